The molecular formula is C50H56N10O2. The van der Waals surface area contributed by atoms with Crippen LogP contribution in [-0.2, 0) is 9.59 Å². The number of nitrogens with zero attached hydrogens (tertiary/aromatic N) is 9. The molecule has 0 unspecified atom stereocenters. The molecule has 12 heteroatoms. The number of amides is 2. The number of imidazole rings is 1. The third-order valence-corrected chi connectivity index (χ3v) is 13.7. The molecule has 8 heterocycles. The van der Waals surface area contributed by atoms with Crippen molar-refractivity contribution in [2.24, 2.45) is 4.99 Å². The Balaban J connectivity index is 0.780. The van der Waals surface area contributed by atoms with Gasteiger partial charge in [0, 0.05) is 67.3 Å². The van der Waals surface area contributed by atoms with Crippen molar-refractivity contribution in [3.63, 3.8) is 0 Å². The number of aromatic amines is 1. The first-order valence-corrected chi connectivity index (χ1v) is 22.9. The molecule has 2 amide bonds. The molecule has 0 radical (unpaired) electrons. The minimum atomic E-state index is -0.311. The smallest absolute Gasteiger partial charge is 0.245 e. The predicted octanol–water partition coefficient (Wildman–Crippen LogP) is 8.22. The Morgan fingerprint density at radius 3 is 1.85 bits per heavy atom. The molecule has 2 aromatic carbocycles. The maximum Gasteiger partial charge on any atom is 0.245 e. The van der Waals surface area contributed by atoms with Crippen LogP contribution in [0.4, 0.5) is 0 Å². The topological polar surface area (TPSA) is 127 Å². The number of aliphatic imine (C=N–C) groups is 1. The number of rotatable bonds is 11. The van der Waals surface area contributed by atoms with E-state index in [4.69, 9.17) is 19.9 Å². The summed E-state index contributed by atoms with van der Waals surface area (Å²) < 4.78 is 0. The SMILES string of the molecule is O=C([C@@H](c1cccnc1)N1CCCCC1)N1CCC[C@H]1C1=NC=C(c2cnc(-c3ccc(-c4cnc([C@@H]5CCCN5C(=O)[C@@H](c5ccccc5)N5CCCCC5)[nH]4)cc3)nc2)C1. The van der Waals surface area contributed by atoms with E-state index in [9.17, 15) is 9.59 Å². The molecule has 0 aliphatic carbocycles. The van der Waals surface area contributed by atoms with Gasteiger partial charge < -0.3 is 14.8 Å². The van der Waals surface area contributed by atoms with Crippen molar-refractivity contribution in [2.75, 3.05) is 39.3 Å². The number of hydrogen-bond acceptors (Lipinski definition) is 9. The molecule has 4 saturated heterocycles. The summed E-state index contributed by atoms with van der Waals surface area (Å²) in [7, 11) is 0. The molecule has 5 aliphatic rings. The van der Waals surface area contributed by atoms with Crippen molar-refractivity contribution in [1.29, 1.82) is 0 Å². The van der Waals surface area contributed by atoms with Crippen LogP contribution in [0.15, 0.2) is 109 Å². The van der Waals surface area contributed by atoms with Crippen molar-refractivity contribution in [3.8, 4) is 22.6 Å². The standard InChI is InChI=1S/C50H56N10O2/c61-49(45(36-13-4-1-5-14-36)57-23-6-2-7-24-57)60-28-12-17-44(60)48-55-34-42(56-48)35-18-20-37(21-19-35)47-53-32-40(33-54-47)39-29-41(52-31-39)43-16-11-27-59(43)50(62)46(38-15-10-22-51-30-38)58-25-8-3-9-26-58/h1,4-5,10,13-15,18-22,30-34,43-46H,2-3,6-9,11-12,16-17,23-29H2,(H,55,56)/t43-,44-,45+,46+/m0/s1. The molecule has 5 aliphatic heterocycles. The van der Waals surface area contributed by atoms with Crippen LogP contribution in [-0.4, -0.2) is 107 Å². The van der Waals surface area contributed by atoms with Crippen molar-refractivity contribution in [1.82, 2.24) is 44.5 Å². The fourth-order valence-corrected chi connectivity index (χ4v) is 10.5. The molecule has 3 aromatic heterocycles. The molecule has 10 rings (SSSR count). The molecule has 0 spiro atoms. The summed E-state index contributed by atoms with van der Waals surface area (Å²) in [6.45, 7) is 5.25. The fraction of sp³-hybridized carbons (Fsp3) is 0.420. The van der Waals surface area contributed by atoms with Gasteiger partial charge in [0.2, 0.25) is 11.8 Å². The summed E-state index contributed by atoms with van der Waals surface area (Å²) >= 11 is 0. The van der Waals surface area contributed by atoms with Gasteiger partial charge in [-0.25, -0.2) is 15.0 Å². The number of H-pyrrole nitrogens is 1. The number of benzene rings is 2. The molecule has 4 fully saturated rings. The molecule has 12 nitrogen and oxygen atoms in total. The van der Waals surface area contributed by atoms with Crippen LogP contribution in [0, 0.1) is 0 Å². The molecule has 0 saturated carbocycles. The van der Waals surface area contributed by atoms with E-state index in [2.05, 4.69) is 53.8 Å². The summed E-state index contributed by atoms with van der Waals surface area (Å²) in [6, 6.07) is 21.8. The van der Waals surface area contributed by atoms with E-state index in [1.165, 1.54) is 12.8 Å². The Morgan fingerprint density at radius 2 is 1.19 bits per heavy atom. The largest absolute Gasteiger partial charge is 0.340 e. The third kappa shape index (κ3) is 8.25. The molecular weight excluding hydrogens is 773 g/mol. The summed E-state index contributed by atoms with van der Waals surface area (Å²) in [5.74, 6) is 1.83. The van der Waals surface area contributed by atoms with Crippen LogP contribution in [0.25, 0.3) is 28.2 Å². The number of piperidine rings is 2. The van der Waals surface area contributed by atoms with Crippen LogP contribution in [0.1, 0.15) is 111 Å². The minimum absolute atomic E-state index is 0.0131. The second-order valence-electron chi connectivity index (χ2n) is 17.6. The Hall–Kier alpha value is -5.85. The highest BCUT2D eigenvalue weighted by Crippen LogP contribution is 2.37. The highest BCUT2D eigenvalue weighted by molar-refractivity contribution is 6.03. The number of hydrogen-bond donors (Lipinski definition) is 1. The van der Waals surface area contributed by atoms with Crippen molar-refractivity contribution >= 4 is 23.1 Å². The number of pyridine rings is 1. The number of carbonyl (C=O) groups excluding carboxylic acids is 2. The van der Waals surface area contributed by atoms with Crippen molar-refractivity contribution in [3.05, 3.63) is 126 Å². The number of allylic oxidation sites excluding steroid dienone is 1. The summed E-state index contributed by atoms with van der Waals surface area (Å²) in [5, 5.41) is 0. The van der Waals surface area contributed by atoms with Gasteiger partial charge >= 0.3 is 0 Å². The average Bonchev–Trinajstić information content (AvgIpc) is 4.19. The van der Waals surface area contributed by atoms with Gasteiger partial charge in [0.25, 0.3) is 0 Å². The van der Waals surface area contributed by atoms with Crippen LogP contribution in [0.5, 0.6) is 0 Å². The monoisotopic (exact) mass is 828 g/mol. The Morgan fingerprint density at radius 1 is 0.581 bits per heavy atom. The van der Waals surface area contributed by atoms with Gasteiger partial charge in [0.1, 0.15) is 17.9 Å². The van der Waals surface area contributed by atoms with Crippen LogP contribution < -0.4 is 0 Å². The van der Waals surface area contributed by atoms with E-state index >= 15 is 0 Å². The number of likely N-dealkylation sites (tertiary alicyclic amines) is 4. The first kappa shape index (κ1) is 40.2. The lowest BCUT2D eigenvalue weighted by atomic mass is 9.98. The van der Waals surface area contributed by atoms with Gasteiger partial charge in [0.15, 0.2) is 5.82 Å². The van der Waals surface area contributed by atoms with E-state index in [1.807, 2.05) is 73.5 Å². The summed E-state index contributed by atoms with van der Waals surface area (Å²) in [4.78, 5) is 64.9. The van der Waals surface area contributed by atoms with E-state index in [0.717, 1.165) is 141 Å². The van der Waals surface area contributed by atoms with Crippen molar-refractivity contribution in [2.45, 2.75) is 94.8 Å². The van der Waals surface area contributed by atoms with Gasteiger partial charge in [0.05, 0.1) is 24.0 Å². The lowest BCUT2D eigenvalue weighted by molar-refractivity contribution is -0.139. The molecule has 0 bridgehead atoms. The van der Waals surface area contributed by atoms with Crippen LogP contribution >= 0.6 is 0 Å². The maximum atomic E-state index is 14.4. The zero-order valence-electron chi connectivity index (χ0n) is 35.5. The minimum Gasteiger partial charge on any atom is -0.340 e. The lowest BCUT2D eigenvalue weighted by Gasteiger charge is -2.37. The summed E-state index contributed by atoms with van der Waals surface area (Å²) in [6.07, 6.45) is 22.6. The van der Waals surface area contributed by atoms with Gasteiger partial charge in [-0.3, -0.25) is 29.4 Å². The Bertz CT molecular complexity index is 2390. The third-order valence-electron chi connectivity index (χ3n) is 13.7. The second kappa shape index (κ2) is 18.2. The first-order chi connectivity index (χ1) is 30.6. The van der Waals surface area contributed by atoms with Gasteiger partial charge in [-0.15, -0.1) is 0 Å². The number of aromatic nitrogens is 5. The summed E-state index contributed by atoms with van der Waals surface area (Å²) in [5.41, 5.74) is 7.95. The zero-order chi connectivity index (χ0) is 41.8. The zero-order valence-corrected chi connectivity index (χ0v) is 35.5. The van der Waals surface area contributed by atoms with E-state index in [-0.39, 0.29) is 36.0 Å². The van der Waals surface area contributed by atoms with E-state index in [1.54, 1.807) is 6.20 Å². The molecule has 62 heavy (non-hydrogen) atoms. The molecule has 4 atom stereocenters. The lowest BCUT2D eigenvalue weighted by Crippen LogP contribution is -2.48. The quantitative estimate of drug-likeness (QED) is 0.141. The van der Waals surface area contributed by atoms with Gasteiger partial charge in [-0.2, -0.15) is 0 Å². The first-order valence-electron chi connectivity index (χ1n) is 22.9. The fourth-order valence-electron chi connectivity index (χ4n) is 10.5. The highest BCUT2D eigenvalue weighted by Gasteiger charge is 2.41. The normalized spacial score (nSPS) is 22.1. The second-order valence-corrected chi connectivity index (χ2v) is 17.6. The molecule has 1 N–H and O–H groups in total. The number of carbonyl (C=O) groups is 2. The average molecular weight is 829 g/mol. The molecule has 5 aromatic rings. The Kier molecular flexibility index (Phi) is 11.8. The van der Waals surface area contributed by atoms with E-state index < -0.39 is 0 Å². The van der Waals surface area contributed by atoms with E-state index in [0.29, 0.717) is 12.2 Å². The van der Waals surface area contributed by atoms with Crippen LogP contribution in [0.3, 0.4) is 0 Å². The number of nitrogens with one attached hydrogen (secondary N) is 1. The van der Waals surface area contributed by atoms with Crippen molar-refractivity contribution < 1.29 is 9.59 Å². The Labute approximate surface area is 364 Å². The predicted molar refractivity (Wildman–Crippen MR) is 241 cm³/mol. The van der Waals surface area contributed by atoms with Gasteiger partial charge in [-0.1, -0.05) is 73.5 Å². The highest BCUT2D eigenvalue weighted by atomic mass is 16.2. The van der Waals surface area contributed by atoms with Gasteiger partial charge in [-0.05, 0) is 106 Å². The molecule has 318 valence electrons. The maximum absolute atomic E-state index is 14.4. The van der Waals surface area contributed by atoms with Crippen LogP contribution in [0.2, 0.25) is 0 Å².